The van der Waals surface area contributed by atoms with E-state index in [-0.39, 0.29) is 5.56 Å². The minimum Gasteiger partial charge on any atom is -0.383 e. The maximum atomic E-state index is 11.2. The fraction of sp³-hybridized carbons (Fsp3) is 0.143. The topological polar surface area (TPSA) is 76.2 Å². The van der Waals surface area contributed by atoms with E-state index < -0.39 is 0 Å². The molecule has 0 aliphatic rings. The van der Waals surface area contributed by atoms with E-state index in [0.29, 0.717) is 11.5 Å². The Morgan fingerprint density at radius 2 is 2.42 bits per heavy atom. The number of nitrogens with two attached hydrogens (primary N) is 1. The summed E-state index contributed by atoms with van der Waals surface area (Å²) in [5.74, 6) is 0.471. The molecule has 12 heavy (non-hydrogen) atoms. The van der Waals surface area contributed by atoms with Crippen LogP contribution in [0, 0.1) is 6.92 Å². The molecule has 0 aromatic carbocycles. The lowest BCUT2D eigenvalue weighted by Gasteiger charge is -1.96. The Morgan fingerprint density at radius 3 is 3.17 bits per heavy atom. The fourth-order valence-corrected chi connectivity index (χ4v) is 1.14. The first kappa shape index (κ1) is 6.90. The third-order valence-corrected chi connectivity index (χ3v) is 1.66. The highest BCUT2D eigenvalue weighted by Gasteiger charge is 2.02. The normalized spacial score (nSPS) is 10.8. The summed E-state index contributed by atoms with van der Waals surface area (Å²) in [6.45, 7) is 1.79. The van der Waals surface area contributed by atoms with Crippen molar-refractivity contribution in [1.82, 2.24) is 14.4 Å². The molecule has 0 spiro atoms. The van der Waals surface area contributed by atoms with Crippen LogP contribution in [0.5, 0.6) is 0 Å². The molecule has 2 rings (SSSR count). The maximum Gasteiger partial charge on any atom is 0.291 e. The predicted octanol–water partition coefficient (Wildman–Crippen LogP) is -0.0868. The van der Waals surface area contributed by atoms with E-state index in [0.717, 1.165) is 5.69 Å². The van der Waals surface area contributed by atoms with Crippen molar-refractivity contribution in [3.63, 3.8) is 0 Å². The second-order valence-electron chi connectivity index (χ2n) is 2.64. The molecule has 3 N–H and O–H groups in total. The van der Waals surface area contributed by atoms with Crippen LogP contribution < -0.4 is 11.3 Å². The molecule has 0 radical (unpaired) electrons. The minimum atomic E-state index is -0.216. The van der Waals surface area contributed by atoms with E-state index >= 15 is 0 Å². The van der Waals surface area contributed by atoms with Crippen LogP contribution in [0.2, 0.25) is 0 Å². The van der Waals surface area contributed by atoms with Gasteiger partial charge in [-0.15, -0.1) is 0 Å². The first-order valence-corrected chi connectivity index (χ1v) is 3.51. The number of nitrogens with zero attached hydrogens (tertiary/aromatic N) is 2. The zero-order valence-corrected chi connectivity index (χ0v) is 6.53. The third-order valence-electron chi connectivity index (χ3n) is 1.66. The molecule has 0 fully saturated rings. The molecule has 5 nitrogen and oxygen atoms in total. The molecule has 0 amide bonds. The van der Waals surface area contributed by atoms with Gasteiger partial charge in [-0.3, -0.25) is 9.20 Å². The van der Waals surface area contributed by atoms with Crippen molar-refractivity contribution in [3.05, 3.63) is 28.4 Å². The number of nitrogens with one attached hydrogen (secondary N) is 1. The number of fused-ring (bicyclic) bond motifs is 1. The number of hydrogen-bond acceptors (Lipinski definition) is 3. The molecule has 0 unspecified atom stereocenters. The van der Waals surface area contributed by atoms with Gasteiger partial charge < -0.3 is 10.7 Å². The molecule has 0 aliphatic heterocycles. The Hall–Kier alpha value is -1.78. The molecule has 62 valence electrons. The highest BCUT2D eigenvalue weighted by Crippen LogP contribution is 2.03. The van der Waals surface area contributed by atoms with Crippen molar-refractivity contribution in [2.45, 2.75) is 6.92 Å². The largest absolute Gasteiger partial charge is 0.383 e. The van der Waals surface area contributed by atoms with Gasteiger partial charge in [-0.05, 0) is 6.92 Å². The van der Waals surface area contributed by atoms with E-state index in [1.165, 1.54) is 6.20 Å². The average Bonchev–Trinajstić information content (AvgIpc) is 2.33. The summed E-state index contributed by atoms with van der Waals surface area (Å²) in [6.07, 6.45) is 3.20. The monoisotopic (exact) mass is 164 g/mol. The standard InChI is InChI=1S/C7H8N4O/c1-4-3-11-5(8)2-9-6(11)7(12)10-4/h2-3H,8H2,1H3,(H,10,12). The van der Waals surface area contributed by atoms with E-state index in [4.69, 9.17) is 5.73 Å². The van der Waals surface area contributed by atoms with E-state index in [9.17, 15) is 4.79 Å². The highest BCUT2D eigenvalue weighted by molar-refractivity contribution is 5.45. The van der Waals surface area contributed by atoms with Gasteiger partial charge in [0.25, 0.3) is 5.56 Å². The lowest BCUT2D eigenvalue weighted by molar-refractivity contribution is 1.04. The van der Waals surface area contributed by atoms with Gasteiger partial charge >= 0.3 is 0 Å². The second kappa shape index (κ2) is 2.10. The second-order valence-corrected chi connectivity index (χ2v) is 2.64. The first-order valence-electron chi connectivity index (χ1n) is 3.51. The Morgan fingerprint density at radius 1 is 1.67 bits per heavy atom. The molecule has 2 aromatic rings. The Labute approximate surface area is 67.9 Å². The summed E-state index contributed by atoms with van der Waals surface area (Å²) in [7, 11) is 0. The van der Waals surface area contributed by atoms with Crippen molar-refractivity contribution < 1.29 is 0 Å². The number of aromatic amines is 1. The number of anilines is 1. The number of hydrogen-bond donors (Lipinski definition) is 2. The number of aryl methyl sites for hydroxylation is 1. The molecule has 0 saturated carbocycles. The molecule has 0 saturated heterocycles. The Bertz CT molecular complexity index is 482. The SMILES string of the molecule is Cc1cn2c(N)cnc2c(=O)[nH]1. The van der Waals surface area contributed by atoms with Gasteiger partial charge in [0.15, 0.2) is 0 Å². The minimum absolute atomic E-state index is 0.216. The maximum absolute atomic E-state index is 11.2. The first-order chi connectivity index (χ1) is 5.68. The van der Waals surface area contributed by atoms with Crippen molar-refractivity contribution in [2.75, 3.05) is 5.73 Å². The van der Waals surface area contributed by atoms with Crippen molar-refractivity contribution in [3.8, 4) is 0 Å². The van der Waals surface area contributed by atoms with Crippen molar-refractivity contribution in [1.29, 1.82) is 0 Å². The highest BCUT2D eigenvalue weighted by atomic mass is 16.1. The van der Waals surface area contributed by atoms with E-state index in [1.54, 1.807) is 17.5 Å². The van der Waals surface area contributed by atoms with E-state index in [2.05, 4.69) is 9.97 Å². The summed E-state index contributed by atoms with van der Waals surface area (Å²) in [5.41, 5.74) is 6.44. The average molecular weight is 164 g/mol. The fourth-order valence-electron chi connectivity index (χ4n) is 1.14. The third kappa shape index (κ3) is 0.795. The summed E-state index contributed by atoms with van der Waals surface area (Å²) in [4.78, 5) is 17.7. The summed E-state index contributed by atoms with van der Waals surface area (Å²) >= 11 is 0. The molecule has 0 atom stereocenters. The molecular formula is C7H8N4O. The quantitative estimate of drug-likeness (QED) is 0.571. The molecule has 0 aliphatic carbocycles. The molecule has 0 bridgehead atoms. The van der Waals surface area contributed by atoms with Crippen LogP contribution in [0.3, 0.4) is 0 Å². The predicted molar refractivity (Wildman–Crippen MR) is 45.0 cm³/mol. The van der Waals surface area contributed by atoms with Gasteiger partial charge in [0.05, 0.1) is 6.20 Å². The molecule has 2 heterocycles. The zero-order valence-electron chi connectivity index (χ0n) is 6.53. The van der Waals surface area contributed by atoms with Gasteiger partial charge in [0.1, 0.15) is 5.82 Å². The van der Waals surface area contributed by atoms with Crippen LogP contribution in [0.25, 0.3) is 5.65 Å². The smallest absolute Gasteiger partial charge is 0.291 e. The number of rotatable bonds is 0. The van der Waals surface area contributed by atoms with Gasteiger partial charge in [0, 0.05) is 11.9 Å². The number of nitrogen functional groups attached to an aromatic ring is 1. The number of imidazole rings is 1. The van der Waals surface area contributed by atoms with Crippen LogP contribution in [-0.2, 0) is 0 Å². The zero-order chi connectivity index (χ0) is 8.72. The Kier molecular flexibility index (Phi) is 1.21. The summed E-state index contributed by atoms with van der Waals surface area (Å²) < 4.78 is 1.56. The van der Waals surface area contributed by atoms with Gasteiger partial charge in [0.2, 0.25) is 5.65 Å². The van der Waals surface area contributed by atoms with Crippen LogP contribution in [0.4, 0.5) is 5.82 Å². The Balaban J connectivity index is 3.03. The van der Waals surface area contributed by atoms with Crippen LogP contribution in [0.15, 0.2) is 17.2 Å². The van der Waals surface area contributed by atoms with Gasteiger partial charge in [-0.1, -0.05) is 0 Å². The van der Waals surface area contributed by atoms with Gasteiger partial charge in [-0.25, -0.2) is 4.98 Å². The van der Waals surface area contributed by atoms with Crippen LogP contribution in [-0.4, -0.2) is 14.4 Å². The molecule has 5 heteroatoms. The number of aromatic nitrogens is 3. The van der Waals surface area contributed by atoms with Crippen LogP contribution >= 0.6 is 0 Å². The van der Waals surface area contributed by atoms with Crippen molar-refractivity contribution >= 4 is 11.5 Å². The molecular weight excluding hydrogens is 156 g/mol. The summed E-state index contributed by atoms with van der Waals surface area (Å²) in [5, 5.41) is 0. The lowest BCUT2D eigenvalue weighted by Crippen LogP contribution is -2.11. The van der Waals surface area contributed by atoms with Crippen LogP contribution in [0.1, 0.15) is 5.69 Å². The number of H-pyrrole nitrogens is 1. The lowest BCUT2D eigenvalue weighted by atomic mass is 10.5. The van der Waals surface area contributed by atoms with Crippen molar-refractivity contribution in [2.24, 2.45) is 0 Å². The molecule has 2 aromatic heterocycles. The summed E-state index contributed by atoms with van der Waals surface area (Å²) in [6, 6.07) is 0. The van der Waals surface area contributed by atoms with E-state index in [1.807, 2.05) is 0 Å². The van der Waals surface area contributed by atoms with Gasteiger partial charge in [-0.2, -0.15) is 0 Å².